The maximum Gasteiger partial charge on any atom is 1.00 e. The van der Waals surface area contributed by atoms with E-state index >= 15 is 0 Å². The van der Waals surface area contributed by atoms with E-state index < -0.39 is 30.0 Å². The smallest absolute Gasteiger partial charge is 0.548 e. The molecule has 0 bridgehead atoms. The quantitative estimate of drug-likeness (QED) is 0.288. The molecule has 1 heterocycles. The van der Waals surface area contributed by atoms with Crippen LogP contribution in [0.5, 0.6) is 0 Å². The van der Waals surface area contributed by atoms with Crippen molar-refractivity contribution >= 4 is 34.2 Å². The number of benzene rings is 3. The van der Waals surface area contributed by atoms with Crippen LogP contribution in [0, 0.1) is 0 Å². The molecule has 1 fully saturated rings. The molecule has 0 saturated carbocycles. The summed E-state index contributed by atoms with van der Waals surface area (Å²) >= 11 is 0. The molecule has 0 aromatic heterocycles. The first-order valence-electron chi connectivity index (χ1n) is 9.63. The third-order valence-corrected chi connectivity index (χ3v) is 5.08. The van der Waals surface area contributed by atoms with Crippen molar-refractivity contribution in [2.45, 2.75) is 24.5 Å². The molecule has 1 aliphatic rings. The van der Waals surface area contributed by atoms with E-state index in [9.17, 15) is 19.5 Å². The van der Waals surface area contributed by atoms with Crippen LogP contribution in [0.4, 0.5) is 5.69 Å². The Morgan fingerprint density at radius 2 is 1.58 bits per heavy atom. The number of anilines is 1. The summed E-state index contributed by atoms with van der Waals surface area (Å²) in [6, 6.07) is 19.8. The van der Waals surface area contributed by atoms with Crippen molar-refractivity contribution in [2.24, 2.45) is 0 Å². The Morgan fingerprint density at radius 1 is 0.903 bits per heavy atom. The number of carbonyl (C=O) groups is 3. The maximum absolute atomic E-state index is 13.1. The van der Waals surface area contributed by atoms with E-state index in [2.05, 4.69) is 16.0 Å². The number of carboxylic acid groups (broad SMARTS) is 1. The van der Waals surface area contributed by atoms with E-state index in [0.29, 0.717) is 5.69 Å². The van der Waals surface area contributed by atoms with Gasteiger partial charge in [0.2, 0.25) is 11.8 Å². The van der Waals surface area contributed by atoms with Crippen molar-refractivity contribution in [1.82, 2.24) is 10.6 Å². The predicted molar refractivity (Wildman–Crippen MR) is 110 cm³/mol. The Labute approximate surface area is 201 Å². The van der Waals surface area contributed by atoms with Gasteiger partial charge in [-0.3, -0.25) is 14.9 Å². The standard InChI is InChI=1S/C23H21N3O4.Na/c27-21(24-17-12-6-10-15-9-4-5-11-16(15)17)18(13-14-7-2-1-3-8-14)25-22(28)19-20(26-19)23(29)30;/h1-12,18-20,26H,13H2,(H,24,27)(H,25,28)(H,29,30);/q;+1/p-1/t18-,19-,20-;/m0./s1. The molecule has 1 saturated heterocycles. The number of nitrogens with one attached hydrogen (secondary N) is 3. The van der Waals surface area contributed by atoms with Crippen molar-refractivity contribution in [3.63, 3.8) is 0 Å². The Hall–Kier alpha value is -2.71. The summed E-state index contributed by atoms with van der Waals surface area (Å²) in [6.45, 7) is 0. The predicted octanol–water partition coefficient (Wildman–Crippen LogP) is -2.40. The van der Waals surface area contributed by atoms with Crippen LogP contribution in [0.15, 0.2) is 72.8 Å². The summed E-state index contributed by atoms with van der Waals surface area (Å²) in [6.07, 6.45) is 0.270. The van der Waals surface area contributed by atoms with E-state index in [1.165, 1.54) is 0 Å². The Bertz CT molecular complexity index is 1100. The number of carbonyl (C=O) groups excluding carboxylic acids is 3. The molecule has 152 valence electrons. The fraction of sp³-hybridized carbons (Fsp3) is 0.174. The Morgan fingerprint density at radius 3 is 2.29 bits per heavy atom. The van der Waals surface area contributed by atoms with Crippen molar-refractivity contribution in [2.75, 3.05) is 5.32 Å². The van der Waals surface area contributed by atoms with Gasteiger partial charge in [-0.2, -0.15) is 0 Å². The van der Waals surface area contributed by atoms with Gasteiger partial charge in [0.25, 0.3) is 0 Å². The molecule has 0 spiro atoms. The van der Waals surface area contributed by atoms with Gasteiger partial charge in [0, 0.05) is 17.5 Å². The minimum absolute atomic E-state index is 0. The van der Waals surface area contributed by atoms with Gasteiger partial charge < -0.3 is 20.5 Å². The minimum Gasteiger partial charge on any atom is -0.548 e. The molecule has 3 aromatic carbocycles. The van der Waals surface area contributed by atoms with Gasteiger partial charge in [-0.25, -0.2) is 0 Å². The number of carboxylic acids is 1. The molecule has 1 aliphatic heterocycles. The van der Waals surface area contributed by atoms with Crippen molar-refractivity contribution < 1.29 is 49.0 Å². The summed E-state index contributed by atoms with van der Waals surface area (Å²) in [5.41, 5.74) is 1.51. The summed E-state index contributed by atoms with van der Waals surface area (Å²) in [5, 5.41) is 20.9. The molecule has 4 rings (SSSR count). The normalized spacial score (nSPS) is 17.8. The molecule has 31 heavy (non-hydrogen) atoms. The largest absolute Gasteiger partial charge is 1.00 e. The van der Waals surface area contributed by atoms with E-state index in [1.807, 2.05) is 66.7 Å². The SMILES string of the molecule is O=C(Nc1cccc2ccccc12)[C@H](Cc1ccccc1)NC(=O)[C@H]1N[C@@H]1C(=O)[O-].[Na+]. The van der Waals surface area contributed by atoms with E-state index in [0.717, 1.165) is 16.3 Å². The first-order valence-corrected chi connectivity index (χ1v) is 9.63. The van der Waals surface area contributed by atoms with Crippen molar-refractivity contribution in [3.05, 3.63) is 78.4 Å². The van der Waals surface area contributed by atoms with Crippen LogP contribution in [0.2, 0.25) is 0 Å². The van der Waals surface area contributed by atoms with Crippen LogP contribution in [0.3, 0.4) is 0 Å². The van der Waals surface area contributed by atoms with Crippen LogP contribution < -0.4 is 50.6 Å². The molecule has 8 heteroatoms. The van der Waals surface area contributed by atoms with Crippen LogP contribution in [0.1, 0.15) is 5.56 Å². The van der Waals surface area contributed by atoms with Gasteiger partial charge in [0.05, 0.1) is 12.0 Å². The molecule has 3 atom stereocenters. The van der Waals surface area contributed by atoms with E-state index in [-0.39, 0.29) is 41.9 Å². The van der Waals surface area contributed by atoms with Crippen LogP contribution in [-0.2, 0) is 20.8 Å². The van der Waals surface area contributed by atoms with Gasteiger partial charge in [-0.1, -0.05) is 66.7 Å². The molecule has 7 nitrogen and oxygen atoms in total. The first kappa shape index (κ1) is 23.0. The van der Waals surface area contributed by atoms with Crippen LogP contribution >= 0.6 is 0 Å². The molecule has 3 N–H and O–H groups in total. The van der Waals surface area contributed by atoms with Crippen LogP contribution in [0.25, 0.3) is 10.8 Å². The zero-order valence-electron chi connectivity index (χ0n) is 17.0. The molecule has 0 aliphatic carbocycles. The molecular formula is C23H20N3NaO4. The first-order chi connectivity index (χ1) is 14.5. The number of amides is 2. The Kier molecular flexibility index (Phi) is 7.46. The third kappa shape index (κ3) is 5.51. The second-order valence-electron chi connectivity index (χ2n) is 7.21. The molecule has 3 aromatic rings. The molecule has 0 radical (unpaired) electrons. The number of rotatable bonds is 7. The average molecular weight is 425 g/mol. The van der Waals surface area contributed by atoms with Gasteiger partial charge in [-0.15, -0.1) is 0 Å². The summed E-state index contributed by atoms with van der Waals surface area (Å²) in [5.74, 6) is -2.26. The molecule has 2 amide bonds. The fourth-order valence-electron chi connectivity index (χ4n) is 3.44. The molecule has 0 unspecified atom stereocenters. The van der Waals surface area contributed by atoms with Crippen molar-refractivity contribution in [1.29, 1.82) is 0 Å². The zero-order valence-corrected chi connectivity index (χ0v) is 19.0. The Balaban J connectivity index is 0.00000272. The summed E-state index contributed by atoms with van der Waals surface area (Å²) in [7, 11) is 0. The monoisotopic (exact) mass is 425 g/mol. The van der Waals surface area contributed by atoms with Gasteiger partial charge in [-0.05, 0) is 17.0 Å². The van der Waals surface area contributed by atoms with Crippen molar-refractivity contribution in [3.8, 4) is 0 Å². The van der Waals surface area contributed by atoms with E-state index in [1.54, 1.807) is 6.07 Å². The number of fused-ring (bicyclic) bond motifs is 1. The zero-order chi connectivity index (χ0) is 21.1. The second-order valence-corrected chi connectivity index (χ2v) is 7.21. The molecular weight excluding hydrogens is 405 g/mol. The third-order valence-electron chi connectivity index (χ3n) is 5.08. The second kappa shape index (κ2) is 10.1. The van der Waals surface area contributed by atoms with Gasteiger partial charge in [0.1, 0.15) is 12.1 Å². The summed E-state index contributed by atoms with van der Waals surface area (Å²) in [4.78, 5) is 36.4. The fourth-order valence-corrected chi connectivity index (χ4v) is 3.44. The minimum atomic E-state index is -1.34. The average Bonchev–Trinajstić information content (AvgIpc) is 3.56. The number of hydrogen-bond donors (Lipinski definition) is 3. The summed E-state index contributed by atoms with van der Waals surface area (Å²) < 4.78 is 0. The van der Waals surface area contributed by atoms with E-state index in [4.69, 9.17) is 0 Å². The number of aliphatic carboxylic acids is 1. The van der Waals surface area contributed by atoms with Crippen LogP contribution in [-0.4, -0.2) is 35.9 Å². The topological polar surface area (TPSA) is 120 Å². The number of hydrogen-bond acceptors (Lipinski definition) is 5. The van der Waals surface area contributed by atoms with Gasteiger partial charge in [0.15, 0.2) is 0 Å². The maximum atomic E-state index is 13.1. The van der Waals surface area contributed by atoms with Gasteiger partial charge >= 0.3 is 29.6 Å².